The lowest BCUT2D eigenvalue weighted by Gasteiger charge is -2.05. The first kappa shape index (κ1) is 11.2. The fraction of sp³-hybridized carbons (Fsp3) is 0.500. The van der Waals surface area contributed by atoms with E-state index in [1.54, 1.807) is 0 Å². The average molecular weight is 213 g/mol. The highest BCUT2D eigenvalue weighted by molar-refractivity contribution is 7.91. The fourth-order valence-corrected chi connectivity index (χ4v) is 2.61. The number of pyridine rings is 1. The summed E-state index contributed by atoms with van der Waals surface area (Å²) in [5.74, 6) is 0.626. The SMILES string of the molecule is CC(C)CCS(=O)(=O)c1ccncc1. The van der Waals surface area contributed by atoms with Crippen LogP contribution >= 0.6 is 0 Å². The van der Waals surface area contributed by atoms with Crippen molar-refractivity contribution >= 4 is 9.84 Å². The minimum atomic E-state index is -3.10. The molecule has 0 radical (unpaired) electrons. The van der Waals surface area contributed by atoms with E-state index in [9.17, 15) is 8.42 Å². The molecule has 1 rings (SSSR count). The molecule has 0 N–H and O–H groups in total. The molecule has 0 amide bonds. The first-order chi connectivity index (χ1) is 6.52. The van der Waals surface area contributed by atoms with Gasteiger partial charge in [-0.05, 0) is 24.5 Å². The quantitative estimate of drug-likeness (QED) is 0.767. The summed E-state index contributed by atoms with van der Waals surface area (Å²) >= 11 is 0. The third-order valence-electron chi connectivity index (χ3n) is 1.97. The van der Waals surface area contributed by atoms with Gasteiger partial charge in [-0.2, -0.15) is 0 Å². The minimum Gasteiger partial charge on any atom is -0.265 e. The summed E-state index contributed by atoms with van der Waals surface area (Å²) in [5, 5.41) is 0. The third-order valence-corrected chi connectivity index (χ3v) is 3.74. The second-order valence-electron chi connectivity index (χ2n) is 3.68. The lowest BCUT2D eigenvalue weighted by molar-refractivity contribution is 0.573. The van der Waals surface area contributed by atoms with Crippen molar-refractivity contribution < 1.29 is 8.42 Å². The van der Waals surface area contributed by atoms with Crippen LogP contribution in [-0.2, 0) is 9.84 Å². The lowest BCUT2D eigenvalue weighted by atomic mass is 10.2. The second kappa shape index (κ2) is 4.55. The Morgan fingerprint density at radius 1 is 1.29 bits per heavy atom. The van der Waals surface area contributed by atoms with E-state index in [-0.39, 0.29) is 5.75 Å². The zero-order valence-electron chi connectivity index (χ0n) is 8.47. The zero-order chi connectivity index (χ0) is 10.6. The molecule has 14 heavy (non-hydrogen) atoms. The Bertz CT molecular complexity index is 370. The topological polar surface area (TPSA) is 47.0 Å². The van der Waals surface area contributed by atoms with Crippen LogP contribution in [0.25, 0.3) is 0 Å². The van der Waals surface area contributed by atoms with E-state index in [1.165, 1.54) is 24.5 Å². The Hall–Kier alpha value is -0.900. The number of hydrogen-bond acceptors (Lipinski definition) is 3. The molecular formula is C10H15NO2S. The van der Waals surface area contributed by atoms with E-state index >= 15 is 0 Å². The van der Waals surface area contributed by atoms with Gasteiger partial charge < -0.3 is 0 Å². The molecule has 0 aromatic carbocycles. The van der Waals surface area contributed by atoms with Crippen molar-refractivity contribution in [3.63, 3.8) is 0 Å². The Morgan fingerprint density at radius 2 is 1.86 bits per heavy atom. The smallest absolute Gasteiger partial charge is 0.178 e. The maximum absolute atomic E-state index is 11.7. The summed E-state index contributed by atoms with van der Waals surface area (Å²) in [6.07, 6.45) is 3.70. The summed E-state index contributed by atoms with van der Waals surface area (Å²) in [7, 11) is -3.10. The molecule has 0 spiro atoms. The Kier molecular flexibility index (Phi) is 3.63. The van der Waals surface area contributed by atoms with Gasteiger partial charge in [-0.1, -0.05) is 13.8 Å². The highest BCUT2D eigenvalue weighted by Crippen LogP contribution is 2.12. The molecule has 0 unspecified atom stereocenters. The van der Waals surface area contributed by atoms with Crippen LogP contribution in [0.15, 0.2) is 29.4 Å². The van der Waals surface area contributed by atoms with Crippen LogP contribution in [0.3, 0.4) is 0 Å². The summed E-state index contributed by atoms with van der Waals surface area (Å²) < 4.78 is 23.4. The Labute approximate surface area is 85.1 Å². The normalized spacial score (nSPS) is 11.9. The molecule has 0 aliphatic heterocycles. The van der Waals surface area contributed by atoms with E-state index in [0.29, 0.717) is 17.2 Å². The van der Waals surface area contributed by atoms with Crippen molar-refractivity contribution in [1.29, 1.82) is 0 Å². The molecule has 1 aromatic rings. The summed E-state index contributed by atoms with van der Waals surface area (Å²) in [4.78, 5) is 4.16. The molecule has 0 aliphatic rings. The monoisotopic (exact) mass is 213 g/mol. The predicted octanol–water partition coefficient (Wildman–Crippen LogP) is 1.90. The van der Waals surface area contributed by atoms with Crippen LogP contribution in [0.1, 0.15) is 20.3 Å². The van der Waals surface area contributed by atoms with Crippen molar-refractivity contribution in [2.75, 3.05) is 5.75 Å². The molecule has 0 fully saturated rings. The Balaban J connectivity index is 2.77. The summed E-state index contributed by atoms with van der Waals surface area (Å²) in [5.41, 5.74) is 0. The predicted molar refractivity (Wildman–Crippen MR) is 55.7 cm³/mol. The van der Waals surface area contributed by atoms with Crippen molar-refractivity contribution in [1.82, 2.24) is 4.98 Å². The van der Waals surface area contributed by atoms with Crippen LogP contribution in [0, 0.1) is 5.92 Å². The highest BCUT2D eigenvalue weighted by Gasteiger charge is 2.13. The molecule has 78 valence electrons. The number of aromatic nitrogens is 1. The van der Waals surface area contributed by atoms with Crippen molar-refractivity contribution in [3.05, 3.63) is 24.5 Å². The van der Waals surface area contributed by atoms with Gasteiger partial charge in [0.15, 0.2) is 9.84 Å². The standard InChI is InChI=1S/C10H15NO2S/c1-9(2)5-8-14(12,13)10-3-6-11-7-4-10/h3-4,6-7,9H,5,8H2,1-2H3. The van der Waals surface area contributed by atoms with E-state index < -0.39 is 9.84 Å². The van der Waals surface area contributed by atoms with Crippen LogP contribution in [0.4, 0.5) is 0 Å². The zero-order valence-corrected chi connectivity index (χ0v) is 9.29. The van der Waals surface area contributed by atoms with Crippen LogP contribution in [-0.4, -0.2) is 19.2 Å². The second-order valence-corrected chi connectivity index (χ2v) is 5.79. The van der Waals surface area contributed by atoms with Gasteiger partial charge in [0.1, 0.15) is 0 Å². The first-order valence-electron chi connectivity index (χ1n) is 4.65. The third kappa shape index (κ3) is 3.10. The molecule has 4 heteroatoms. The van der Waals surface area contributed by atoms with Crippen LogP contribution in [0.2, 0.25) is 0 Å². The fourth-order valence-electron chi connectivity index (χ4n) is 1.05. The van der Waals surface area contributed by atoms with Crippen molar-refractivity contribution in [2.24, 2.45) is 5.92 Å². The molecule has 1 heterocycles. The summed E-state index contributed by atoms with van der Waals surface area (Å²) in [6, 6.07) is 3.07. The molecule has 0 aliphatic carbocycles. The minimum absolute atomic E-state index is 0.217. The van der Waals surface area contributed by atoms with Crippen LogP contribution in [0.5, 0.6) is 0 Å². The largest absolute Gasteiger partial charge is 0.265 e. The number of nitrogens with zero attached hydrogens (tertiary/aromatic N) is 1. The molecule has 3 nitrogen and oxygen atoms in total. The molecule has 1 aromatic heterocycles. The number of sulfone groups is 1. The van der Waals surface area contributed by atoms with Gasteiger partial charge in [-0.3, -0.25) is 4.98 Å². The van der Waals surface area contributed by atoms with Crippen LogP contribution < -0.4 is 0 Å². The lowest BCUT2D eigenvalue weighted by Crippen LogP contribution is -2.08. The van der Waals surface area contributed by atoms with Gasteiger partial charge in [0, 0.05) is 12.4 Å². The molecule has 0 bridgehead atoms. The molecule has 0 atom stereocenters. The first-order valence-corrected chi connectivity index (χ1v) is 6.30. The number of rotatable bonds is 4. The van der Waals surface area contributed by atoms with Gasteiger partial charge in [0.05, 0.1) is 10.6 Å². The van der Waals surface area contributed by atoms with Gasteiger partial charge >= 0.3 is 0 Å². The van der Waals surface area contributed by atoms with Gasteiger partial charge in [-0.15, -0.1) is 0 Å². The van der Waals surface area contributed by atoms with E-state index in [1.807, 2.05) is 13.8 Å². The maximum atomic E-state index is 11.7. The van der Waals surface area contributed by atoms with E-state index in [2.05, 4.69) is 4.98 Å². The number of hydrogen-bond donors (Lipinski definition) is 0. The van der Waals surface area contributed by atoms with Gasteiger partial charge in [-0.25, -0.2) is 8.42 Å². The summed E-state index contributed by atoms with van der Waals surface area (Å²) in [6.45, 7) is 4.03. The Morgan fingerprint density at radius 3 is 2.36 bits per heavy atom. The van der Waals surface area contributed by atoms with E-state index in [0.717, 1.165) is 0 Å². The average Bonchev–Trinajstić information content (AvgIpc) is 2.16. The van der Waals surface area contributed by atoms with E-state index in [4.69, 9.17) is 0 Å². The maximum Gasteiger partial charge on any atom is 0.178 e. The highest BCUT2D eigenvalue weighted by atomic mass is 32.2. The van der Waals surface area contributed by atoms with Crippen molar-refractivity contribution in [2.45, 2.75) is 25.2 Å². The molecular weight excluding hydrogens is 198 g/mol. The molecule has 0 saturated heterocycles. The molecule has 0 saturated carbocycles. The van der Waals surface area contributed by atoms with Gasteiger partial charge in [0.2, 0.25) is 0 Å². The van der Waals surface area contributed by atoms with Gasteiger partial charge in [0.25, 0.3) is 0 Å². The van der Waals surface area contributed by atoms with Crippen molar-refractivity contribution in [3.8, 4) is 0 Å².